The number of halogens is 1. The molecule has 1 aliphatic carbocycles. The van der Waals surface area contributed by atoms with E-state index >= 15 is 0 Å². The molecule has 2 saturated heterocycles. The Morgan fingerprint density at radius 2 is 2.06 bits per heavy atom. The Bertz CT molecular complexity index is 981. The van der Waals surface area contributed by atoms with Crippen molar-refractivity contribution in [2.24, 2.45) is 12.5 Å². The van der Waals surface area contributed by atoms with Gasteiger partial charge >= 0.3 is 6.09 Å². The van der Waals surface area contributed by atoms with E-state index < -0.39 is 0 Å². The van der Waals surface area contributed by atoms with Gasteiger partial charge in [-0.05, 0) is 32.3 Å². The van der Waals surface area contributed by atoms with Gasteiger partial charge in [0, 0.05) is 70.0 Å². The molecular formula is C23H31FN6O2. The number of nitrogens with zero attached hydrogens (tertiary/aromatic N) is 6. The number of carbonyl (C=O) groups is 1. The number of rotatable bonds is 4. The van der Waals surface area contributed by atoms with Crippen LogP contribution >= 0.6 is 0 Å². The van der Waals surface area contributed by atoms with Crippen molar-refractivity contribution in [3.05, 3.63) is 30.3 Å². The second kappa shape index (κ2) is 8.35. The quantitative estimate of drug-likeness (QED) is 0.726. The van der Waals surface area contributed by atoms with Crippen molar-refractivity contribution in [2.75, 3.05) is 50.8 Å². The molecule has 0 aromatic carbocycles. The highest BCUT2D eigenvalue weighted by molar-refractivity contribution is 5.72. The minimum absolute atomic E-state index is 0.178. The number of anilines is 1. The van der Waals surface area contributed by atoms with Gasteiger partial charge in [0.25, 0.3) is 0 Å². The van der Waals surface area contributed by atoms with E-state index in [1.165, 1.54) is 19.0 Å². The van der Waals surface area contributed by atoms with Gasteiger partial charge in [-0.2, -0.15) is 5.10 Å². The molecule has 2 aliphatic heterocycles. The lowest BCUT2D eigenvalue weighted by atomic mass is 9.78. The average Bonchev–Trinajstić information content (AvgIpc) is 3.40. The Hall–Kier alpha value is -2.68. The zero-order chi connectivity index (χ0) is 22.3. The fourth-order valence-electron chi connectivity index (χ4n) is 5.62. The van der Waals surface area contributed by atoms with Crippen LogP contribution in [0.15, 0.2) is 24.5 Å². The molecule has 1 saturated carbocycles. The largest absolute Gasteiger partial charge is 0.450 e. The smallest absolute Gasteiger partial charge is 0.409 e. The number of likely N-dealkylation sites (tertiary alicyclic amines) is 1. The third-order valence-electron chi connectivity index (χ3n) is 7.22. The minimum Gasteiger partial charge on any atom is -0.450 e. The van der Waals surface area contributed by atoms with Gasteiger partial charge in [0.15, 0.2) is 0 Å². The Balaban J connectivity index is 1.20. The van der Waals surface area contributed by atoms with Crippen molar-refractivity contribution in [1.29, 1.82) is 0 Å². The van der Waals surface area contributed by atoms with Crippen molar-refractivity contribution in [3.8, 4) is 11.4 Å². The van der Waals surface area contributed by atoms with Gasteiger partial charge in [0.05, 0.1) is 18.5 Å². The molecule has 5 rings (SSSR count). The summed E-state index contributed by atoms with van der Waals surface area (Å²) in [5.41, 5.74) is 2.58. The van der Waals surface area contributed by atoms with Crippen LogP contribution in [0.5, 0.6) is 0 Å². The maximum absolute atomic E-state index is 14.1. The van der Waals surface area contributed by atoms with Crippen LogP contribution in [-0.4, -0.2) is 82.6 Å². The number of aryl methyl sites for hydroxylation is 1. The molecule has 3 fully saturated rings. The molecule has 4 heterocycles. The summed E-state index contributed by atoms with van der Waals surface area (Å²) in [7, 11) is 1.87. The predicted octanol–water partition coefficient (Wildman–Crippen LogP) is 2.75. The molecule has 0 radical (unpaired) electrons. The lowest BCUT2D eigenvalue weighted by Gasteiger charge is -2.48. The lowest BCUT2D eigenvalue weighted by molar-refractivity contribution is -0.00294. The molecule has 1 amide bonds. The number of hydrogen-bond donors (Lipinski definition) is 0. The SMILES string of the molecule is CCOC(=O)N1CC2(CC[C@@H](N3CCN(c4cc(F)cnc4-c4ccn(C)n4)CC3)C2)C1. The second-order valence-corrected chi connectivity index (χ2v) is 9.37. The normalized spacial score (nSPS) is 22.9. The Morgan fingerprint density at radius 3 is 2.75 bits per heavy atom. The summed E-state index contributed by atoms with van der Waals surface area (Å²) in [6.45, 7) is 7.49. The maximum Gasteiger partial charge on any atom is 0.409 e. The van der Waals surface area contributed by atoms with Gasteiger partial charge in [-0.25, -0.2) is 14.2 Å². The number of piperazine rings is 1. The summed E-state index contributed by atoms with van der Waals surface area (Å²) in [6.07, 6.45) is 6.45. The molecule has 3 aliphatic rings. The summed E-state index contributed by atoms with van der Waals surface area (Å²) in [4.78, 5) is 22.9. The molecule has 0 bridgehead atoms. The van der Waals surface area contributed by atoms with Gasteiger partial charge in [0.1, 0.15) is 17.2 Å². The number of amides is 1. The van der Waals surface area contributed by atoms with Gasteiger partial charge < -0.3 is 14.5 Å². The van der Waals surface area contributed by atoms with Crippen LogP contribution in [0.4, 0.5) is 14.9 Å². The number of carbonyl (C=O) groups excluding carboxylic acids is 1. The van der Waals surface area contributed by atoms with Crippen molar-refractivity contribution in [2.45, 2.75) is 32.2 Å². The van der Waals surface area contributed by atoms with E-state index in [4.69, 9.17) is 4.74 Å². The Morgan fingerprint density at radius 1 is 1.28 bits per heavy atom. The molecule has 32 heavy (non-hydrogen) atoms. The van der Waals surface area contributed by atoms with Crippen LogP contribution in [-0.2, 0) is 11.8 Å². The fraction of sp³-hybridized carbons (Fsp3) is 0.609. The van der Waals surface area contributed by atoms with E-state index in [1.807, 2.05) is 31.1 Å². The highest BCUT2D eigenvalue weighted by Gasteiger charge is 2.51. The van der Waals surface area contributed by atoms with Crippen LogP contribution in [0.2, 0.25) is 0 Å². The van der Waals surface area contributed by atoms with Crippen molar-refractivity contribution >= 4 is 11.8 Å². The van der Waals surface area contributed by atoms with Gasteiger partial charge in [-0.3, -0.25) is 9.58 Å². The van der Waals surface area contributed by atoms with E-state index in [0.29, 0.717) is 12.6 Å². The zero-order valence-electron chi connectivity index (χ0n) is 18.8. The van der Waals surface area contributed by atoms with Gasteiger partial charge in [-0.1, -0.05) is 0 Å². The summed E-state index contributed by atoms with van der Waals surface area (Å²) < 4.78 is 20.9. The minimum atomic E-state index is -0.323. The van der Waals surface area contributed by atoms with Crippen molar-refractivity contribution < 1.29 is 13.9 Å². The molecular weight excluding hydrogens is 411 g/mol. The molecule has 0 N–H and O–H groups in total. The third kappa shape index (κ3) is 3.94. The molecule has 2 aromatic rings. The number of hydrogen-bond acceptors (Lipinski definition) is 6. The average molecular weight is 443 g/mol. The summed E-state index contributed by atoms with van der Waals surface area (Å²) in [6, 6.07) is 4.05. The molecule has 0 unspecified atom stereocenters. The first kappa shape index (κ1) is 21.2. The van der Waals surface area contributed by atoms with E-state index in [-0.39, 0.29) is 17.3 Å². The van der Waals surface area contributed by atoms with Crippen molar-refractivity contribution in [1.82, 2.24) is 24.6 Å². The van der Waals surface area contributed by atoms with Crippen LogP contribution in [0.25, 0.3) is 11.4 Å². The van der Waals surface area contributed by atoms with Crippen LogP contribution in [0, 0.1) is 11.2 Å². The summed E-state index contributed by atoms with van der Waals surface area (Å²) in [5.74, 6) is -0.323. The van der Waals surface area contributed by atoms with Crippen LogP contribution in [0.3, 0.4) is 0 Å². The van der Waals surface area contributed by atoms with Gasteiger partial charge in [0.2, 0.25) is 0 Å². The molecule has 8 nitrogen and oxygen atoms in total. The van der Waals surface area contributed by atoms with E-state index in [9.17, 15) is 9.18 Å². The molecule has 9 heteroatoms. The lowest BCUT2D eigenvalue weighted by Crippen LogP contribution is -2.58. The third-order valence-corrected chi connectivity index (χ3v) is 7.22. The van der Waals surface area contributed by atoms with Crippen LogP contribution in [0.1, 0.15) is 26.2 Å². The Kier molecular flexibility index (Phi) is 5.53. The van der Waals surface area contributed by atoms with E-state index in [2.05, 4.69) is 19.9 Å². The topological polar surface area (TPSA) is 66.7 Å². The molecule has 1 atom stereocenters. The standard InChI is InChI=1S/C23H31FN6O2/c1-3-32-22(31)30-15-23(16-30)6-4-18(13-23)28-8-10-29(11-9-28)20-12-17(24)14-25-21(20)19-5-7-27(2)26-19/h5,7,12,14,18H,3-4,6,8-11,13,15-16H2,1-2H3/t18-/m1/s1. The van der Waals surface area contributed by atoms with Crippen LogP contribution < -0.4 is 4.90 Å². The molecule has 2 aromatic heterocycles. The Labute approximate surface area is 187 Å². The number of aromatic nitrogens is 3. The first-order valence-corrected chi connectivity index (χ1v) is 11.5. The molecule has 172 valence electrons. The summed E-state index contributed by atoms with van der Waals surface area (Å²) in [5, 5.41) is 4.46. The highest BCUT2D eigenvalue weighted by atomic mass is 19.1. The highest BCUT2D eigenvalue weighted by Crippen LogP contribution is 2.47. The number of pyridine rings is 1. The zero-order valence-corrected chi connectivity index (χ0v) is 18.8. The first-order valence-electron chi connectivity index (χ1n) is 11.5. The number of ether oxygens (including phenoxy) is 1. The molecule has 1 spiro atoms. The van der Waals surface area contributed by atoms with Crippen molar-refractivity contribution in [3.63, 3.8) is 0 Å². The summed E-state index contributed by atoms with van der Waals surface area (Å²) >= 11 is 0. The second-order valence-electron chi connectivity index (χ2n) is 9.37. The predicted molar refractivity (Wildman–Crippen MR) is 119 cm³/mol. The monoisotopic (exact) mass is 442 g/mol. The van der Waals surface area contributed by atoms with E-state index in [0.717, 1.165) is 62.8 Å². The first-order chi connectivity index (χ1) is 15.5. The van der Waals surface area contributed by atoms with Gasteiger partial charge in [-0.15, -0.1) is 0 Å². The maximum atomic E-state index is 14.1. The van der Waals surface area contributed by atoms with E-state index in [1.54, 1.807) is 10.7 Å². The fourth-order valence-corrected chi connectivity index (χ4v) is 5.62.